The number of alkyl halides is 3. The number of nitrogens with two attached hydrogens (primary N) is 1. The second kappa shape index (κ2) is 8.58. The first-order valence-corrected chi connectivity index (χ1v) is 11.7. The molecule has 0 radical (unpaired) electrons. The first-order valence-electron chi connectivity index (χ1n) is 11.7. The topological polar surface area (TPSA) is 86.9 Å². The van der Waals surface area contributed by atoms with Crippen LogP contribution in [0.25, 0.3) is 0 Å². The van der Waals surface area contributed by atoms with Gasteiger partial charge in [0.05, 0.1) is 5.41 Å². The van der Waals surface area contributed by atoms with Gasteiger partial charge in [-0.1, -0.05) is 18.6 Å². The number of carbonyl (C=O) groups is 2. The van der Waals surface area contributed by atoms with Gasteiger partial charge in [0.15, 0.2) is 5.60 Å². The summed E-state index contributed by atoms with van der Waals surface area (Å²) < 4.78 is 39.3. The van der Waals surface area contributed by atoms with Gasteiger partial charge in [-0.25, -0.2) is 0 Å². The molecule has 3 aliphatic rings. The predicted octanol–water partition coefficient (Wildman–Crippen LogP) is 3.18. The number of carbonyl (C=O) groups excluding carboxylic acids is 2. The molecule has 6 nitrogen and oxygen atoms in total. The van der Waals surface area contributed by atoms with Gasteiger partial charge in [-0.05, 0) is 63.1 Å². The van der Waals surface area contributed by atoms with Gasteiger partial charge < -0.3 is 20.6 Å². The van der Waals surface area contributed by atoms with Crippen LogP contribution in [0.3, 0.4) is 0 Å². The minimum atomic E-state index is -4.81. The Kier molecular flexibility index (Phi) is 6.24. The number of primary amides is 1. The zero-order chi connectivity index (χ0) is 24.0. The van der Waals surface area contributed by atoms with Crippen LogP contribution in [0.1, 0.15) is 67.8 Å². The van der Waals surface area contributed by atoms with Crippen molar-refractivity contribution in [3.63, 3.8) is 0 Å². The summed E-state index contributed by atoms with van der Waals surface area (Å²) in [6, 6.07) is 5.32. The van der Waals surface area contributed by atoms with E-state index in [9.17, 15) is 27.9 Å². The van der Waals surface area contributed by atoms with Crippen LogP contribution in [0.2, 0.25) is 0 Å². The lowest BCUT2D eigenvalue weighted by molar-refractivity contribution is -0.258. The normalized spacial score (nSPS) is 23.4. The summed E-state index contributed by atoms with van der Waals surface area (Å²) in [7, 11) is 0. The molecule has 1 unspecified atom stereocenters. The summed E-state index contributed by atoms with van der Waals surface area (Å²) in [5.74, 6) is -0.402. The Morgan fingerprint density at radius 3 is 2.06 bits per heavy atom. The zero-order valence-corrected chi connectivity index (χ0v) is 18.9. The molecule has 1 atom stereocenters. The molecule has 1 saturated heterocycles. The molecule has 2 saturated carbocycles. The maximum atomic E-state index is 13.3. The van der Waals surface area contributed by atoms with E-state index in [1.807, 2.05) is 4.90 Å². The number of hydrogen-bond donors (Lipinski definition) is 2. The Labute approximate surface area is 191 Å². The lowest BCUT2D eigenvalue weighted by Crippen LogP contribution is -2.54. The highest BCUT2D eigenvalue weighted by atomic mass is 19.4. The molecule has 4 rings (SSSR count). The lowest BCUT2D eigenvalue weighted by atomic mass is 9.67. The van der Waals surface area contributed by atoms with Crippen molar-refractivity contribution in [2.45, 2.75) is 75.7 Å². The molecule has 1 heterocycles. The van der Waals surface area contributed by atoms with Crippen LogP contribution in [0.5, 0.6) is 0 Å². The Bertz CT molecular complexity index is 884. The van der Waals surface area contributed by atoms with Crippen LogP contribution in [0, 0.1) is 5.41 Å². The Morgan fingerprint density at radius 2 is 1.64 bits per heavy atom. The van der Waals surface area contributed by atoms with E-state index in [0.29, 0.717) is 19.0 Å². The average Bonchev–Trinajstić information content (AvgIpc) is 3.56. The van der Waals surface area contributed by atoms with Crippen molar-refractivity contribution >= 4 is 11.8 Å². The van der Waals surface area contributed by atoms with Gasteiger partial charge in [0.1, 0.15) is 0 Å². The molecule has 2 amide bonds. The van der Waals surface area contributed by atoms with Gasteiger partial charge in [0.2, 0.25) is 5.91 Å². The van der Waals surface area contributed by atoms with Crippen LogP contribution in [0.4, 0.5) is 13.2 Å². The monoisotopic (exact) mass is 467 g/mol. The molecule has 1 aromatic rings. The smallest absolute Gasteiger partial charge is 0.376 e. The second-order valence-corrected chi connectivity index (χ2v) is 10.1. The molecule has 9 heteroatoms. The van der Waals surface area contributed by atoms with Crippen molar-refractivity contribution in [3.8, 4) is 0 Å². The van der Waals surface area contributed by atoms with Crippen molar-refractivity contribution in [2.75, 3.05) is 19.6 Å². The first-order chi connectivity index (χ1) is 15.4. The van der Waals surface area contributed by atoms with Crippen molar-refractivity contribution in [3.05, 3.63) is 35.4 Å². The van der Waals surface area contributed by atoms with Crippen molar-refractivity contribution in [2.24, 2.45) is 11.1 Å². The zero-order valence-electron chi connectivity index (χ0n) is 18.9. The number of benzene rings is 1. The van der Waals surface area contributed by atoms with Crippen molar-refractivity contribution in [1.29, 1.82) is 0 Å². The van der Waals surface area contributed by atoms with E-state index in [-0.39, 0.29) is 29.5 Å². The molecule has 182 valence electrons. The van der Waals surface area contributed by atoms with Gasteiger partial charge in [-0.15, -0.1) is 0 Å². The van der Waals surface area contributed by atoms with E-state index >= 15 is 0 Å². The van der Waals surface area contributed by atoms with E-state index in [1.165, 1.54) is 24.3 Å². The summed E-state index contributed by atoms with van der Waals surface area (Å²) in [5, 5.41) is 9.87. The Hall–Kier alpha value is -2.13. The largest absolute Gasteiger partial charge is 0.421 e. The Morgan fingerprint density at radius 1 is 1.09 bits per heavy atom. The van der Waals surface area contributed by atoms with Crippen LogP contribution in [-0.4, -0.2) is 64.6 Å². The van der Waals surface area contributed by atoms with Gasteiger partial charge in [0.25, 0.3) is 5.91 Å². The lowest BCUT2D eigenvalue weighted by Gasteiger charge is -2.45. The minimum Gasteiger partial charge on any atom is -0.376 e. The van der Waals surface area contributed by atoms with Crippen LogP contribution < -0.4 is 5.73 Å². The maximum absolute atomic E-state index is 13.3. The van der Waals surface area contributed by atoms with Gasteiger partial charge in [-0.2, -0.15) is 13.2 Å². The number of halogens is 3. The average molecular weight is 468 g/mol. The molecule has 33 heavy (non-hydrogen) atoms. The molecule has 2 aliphatic carbocycles. The van der Waals surface area contributed by atoms with E-state index in [1.54, 1.807) is 0 Å². The fraction of sp³-hybridized carbons (Fsp3) is 0.667. The number of piperidine rings is 1. The number of amides is 2. The molecule has 0 aromatic heterocycles. The molecule has 3 fully saturated rings. The Balaban J connectivity index is 1.41. The van der Waals surface area contributed by atoms with Crippen LogP contribution >= 0.6 is 0 Å². The molecular formula is C24H32F3N3O3. The summed E-state index contributed by atoms with van der Waals surface area (Å²) in [6.45, 7) is 2.94. The molecule has 0 spiro atoms. The third-order valence-corrected chi connectivity index (χ3v) is 7.73. The van der Waals surface area contributed by atoms with Crippen LogP contribution in [-0.2, 0) is 10.4 Å². The standard InChI is InChI=1S/C24H32F3N3O3/c1-22(33,24(25,26)27)17-5-3-16(4-6-17)20(31)30(18-7-8-18)19-9-13-29(14-10-19)15-23(21(28)32)11-2-12-23/h3-6,18-19,33H,2,7-15H2,1H3,(H2,28,32). The number of hydrogen-bond acceptors (Lipinski definition) is 4. The van der Waals surface area contributed by atoms with Crippen LogP contribution in [0.15, 0.2) is 24.3 Å². The van der Waals surface area contributed by atoms with E-state index in [2.05, 4.69) is 4.90 Å². The highest BCUT2D eigenvalue weighted by Crippen LogP contribution is 2.42. The number of rotatable bonds is 7. The predicted molar refractivity (Wildman–Crippen MR) is 116 cm³/mol. The van der Waals surface area contributed by atoms with Gasteiger partial charge in [0, 0.05) is 37.3 Å². The van der Waals surface area contributed by atoms with E-state index < -0.39 is 17.2 Å². The fourth-order valence-electron chi connectivity index (χ4n) is 5.10. The van der Waals surface area contributed by atoms with E-state index in [0.717, 1.165) is 58.0 Å². The summed E-state index contributed by atoms with van der Waals surface area (Å²) in [6.07, 6.45) is 1.34. The molecule has 0 bridgehead atoms. The molecular weight excluding hydrogens is 435 g/mol. The quantitative estimate of drug-likeness (QED) is 0.645. The number of aliphatic hydroxyl groups is 1. The summed E-state index contributed by atoms with van der Waals surface area (Å²) in [5.41, 5.74) is 2.30. The summed E-state index contributed by atoms with van der Waals surface area (Å²) in [4.78, 5) is 29.4. The molecule has 1 aromatic carbocycles. The third kappa shape index (κ3) is 4.62. The SMILES string of the molecule is CC(O)(c1ccc(C(=O)N(C2CC2)C2CCN(CC3(C(N)=O)CCC3)CC2)cc1)C(F)(F)F. The van der Waals surface area contributed by atoms with Gasteiger partial charge >= 0.3 is 6.18 Å². The number of nitrogens with zero attached hydrogens (tertiary/aromatic N) is 2. The maximum Gasteiger partial charge on any atom is 0.421 e. The van der Waals surface area contributed by atoms with Gasteiger partial charge in [-0.3, -0.25) is 9.59 Å². The highest BCUT2D eigenvalue weighted by Gasteiger charge is 2.51. The first kappa shape index (κ1) is 24.0. The summed E-state index contributed by atoms with van der Waals surface area (Å²) >= 11 is 0. The molecule has 3 N–H and O–H groups in total. The highest BCUT2D eigenvalue weighted by molar-refractivity contribution is 5.95. The number of likely N-dealkylation sites (tertiary alicyclic amines) is 1. The second-order valence-electron chi connectivity index (χ2n) is 10.1. The molecule has 1 aliphatic heterocycles. The third-order valence-electron chi connectivity index (χ3n) is 7.73. The van der Waals surface area contributed by atoms with Crippen molar-refractivity contribution < 1.29 is 27.9 Å². The van der Waals surface area contributed by atoms with Crippen molar-refractivity contribution in [1.82, 2.24) is 9.80 Å². The minimum absolute atomic E-state index is 0.0603. The fourth-order valence-corrected chi connectivity index (χ4v) is 5.10. The van der Waals surface area contributed by atoms with E-state index in [4.69, 9.17) is 5.73 Å².